The van der Waals surface area contributed by atoms with Gasteiger partial charge in [-0.05, 0) is 0 Å². The molecule has 1 aliphatic heterocycles. The van der Waals surface area contributed by atoms with E-state index in [1.54, 1.807) is 0 Å². The fourth-order valence-corrected chi connectivity index (χ4v) is 1.89. The van der Waals surface area contributed by atoms with Gasteiger partial charge in [0.1, 0.15) is 0 Å². The monoisotopic (exact) mass is 233 g/mol. The van der Waals surface area contributed by atoms with Gasteiger partial charge in [0.15, 0.2) is 11.0 Å². The van der Waals surface area contributed by atoms with Crippen molar-refractivity contribution < 1.29 is 4.74 Å². The van der Waals surface area contributed by atoms with E-state index in [2.05, 4.69) is 8.75 Å². The van der Waals surface area contributed by atoms with Crippen LogP contribution in [0.5, 0.6) is 0 Å². The van der Waals surface area contributed by atoms with Crippen molar-refractivity contribution in [1.29, 1.82) is 0 Å². The van der Waals surface area contributed by atoms with Crippen molar-refractivity contribution in [2.45, 2.75) is 0 Å². The summed E-state index contributed by atoms with van der Waals surface area (Å²) in [5.41, 5.74) is -0.299. The molecule has 0 radical (unpaired) electrons. The van der Waals surface area contributed by atoms with E-state index in [9.17, 15) is 4.79 Å². The van der Waals surface area contributed by atoms with Crippen molar-refractivity contribution >= 4 is 29.1 Å². The second-order valence-electron chi connectivity index (χ2n) is 2.81. The van der Waals surface area contributed by atoms with Crippen LogP contribution in [-0.2, 0) is 4.74 Å². The highest BCUT2D eigenvalue weighted by atomic mass is 35.5. The van der Waals surface area contributed by atoms with Crippen LogP contribution in [0.3, 0.4) is 0 Å². The van der Waals surface area contributed by atoms with Crippen LogP contribution in [0.15, 0.2) is 4.79 Å². The van der Waals surface area contributed by atoms with Gasteiger partial charge in [0.25, 0.3) is 5.43 Å². The number of nitrogens with zero attached hydrogens (tertiary/aromatic N) is 3. The Hall–Kier alpha value is -0.720. The summed E-state index contributed by atoms with van der Waals surface area (Å²) in [5, 5.41) is -0.00788. The molecule has 2 rings (SSSR count). The highest BCUT2D eigenvalue weighted by molar-refractivity contribution is 6.99. The van der Waals surface area contributed by atoms with E-state index >= 15 is 0 Å². The van der Waals surface area contributed by atoms with Gasteiger partial charge >= 0.3 is 0 Å². The third-order valence-electron chi connectivity index (χ3n) is 1.95. The second kappa shape index (κ2) is 4.20. The minimum Gasteiger partial charge on any atom is -0.378 e. The molecule has 0 bridgehead atoms. The summed E-state index contributed by atoms with van der Waals surface area (Å²) in [4.78, 5) is 13.4. The van der Waals surface area contributed by atoms with E-state index in [-0.39, 0.29) is 10.6 Å². The van der Waals surface area contributed by atoms with Gasteiger partial charge in [-0.25, -0.2) is 0 Å². The molecule has 0 aliphatic carbocycles. The first-order chi connectivity index (χ1) is 6.79. The van der Waals surface area contributed by atoms with Gasteiger partial charge in [0.2, 0.25) is 0 Å². The van der Waals surface area contributed by atoms with Gasteiger partial charge in [-0.2, -0.15) is 8.75 Å². The van der Waals surface area contributed by atoms with Crippen LogP contribution in [-0.4, -0.2) is 35.1 Å². The van der Waals surface area contributed by atoms with Crippen LogP contribution < -0.4 is 10.3 Å². The van der Waals surface area contributed by atoms with E-state index in [0.717, 1.165) is 11.7 Å². The van der Waals surface area contributed by atoms with Crippen molar-refractivity contribution in [1.82, 2.24) is 8.75 Å². The first-order valence-electron chi connectivity index (χ1n) is 4.14. The summed E-state index contributed by atoms with van der Waals surface area (Å²) < 4.78 is 12.8. The molecule has 14 heavy (non-hydrogen) atoms. The zero-order chi connectivity index (χ0) is 9.97. The van der Waals surface area contributed by atoms with Crippen LogP contribution in [0.1, 0.15) is 0 Å². The number of rotatable bonds is 1. The van der Waals surface area contributed by atoms with E-state index in [0.29, 0.717) is 32.1 Å². The third kappa shape index (κ3) is 1.87. The number of halogens is 1. The quantitative estimate of drug-likeness (QED) is 0.702. The maximum absolute atomic E-state index is 11.5. The summed E-state index contributed by atoms with van der Waals surface area (Å²) in [7, 11) is 0. The van der Waals surface area contributed by atoms with E-state index in [1.807, 2.05) is 4.90 Å². The smallest absolute Gasteiger partial charge is 0.260 e. The standard InChI is InChI=1S/C7H8ClN3O2S/c8-6-5(12)7(10-14-9-6)11-1-3-13-4-2-11/h1-4H2. The minimum absolute atomic E-state index is 0.00788. The Labute approximate surface area is 89.6 Å². The lowest BCUT2D eigenvalue weighted by molar-refractivity contribution is 0.122. The molecule has 0 unspecified atom stereocenters. The largest absolute Gasteiger partial charge is 0.378 e. The Balaban J connectivity index is 2.31. The van der Waals surface area contributed by atoms with Gasteiger partial charge in [-0.1, -0.05) is 11.6 Å². The van der Waals surface area contributed by atoms with E-state index in [1.165, 1.54) is 0 Å². The van der Waals surface area contributed by atoms with Crippen LogP contribution in [0, 0.1) is 0 Å². The first-order valence-corrected chi connectivity index (χ1v) is 5.25. The predicted octanol–water partition coefficient (Wildman–Crippen LogP) is 0.388. The lowest BCUT2D eigenvalue weighted by atomic mass is 10.4. The lowest BCUT2D eigenvalue weighted by Crippen LogP contribution is -2.39. The highest BCUT2D eigenvalue weighted by Crippen LogP contribution is 2.10. The summed E-state index contributed by atoms with van der Waals surface area (Å²) in [6.45, 7) is 2.59. The molecular weight excluding hydrogens is 226 g/mol. The molecule has 76 valence electrons. The topological polar surface area (TPSA) is 55.3 Å². The number of anilines is 1. The summed E-state index contributed by atoms with van der Waals surface area (Å²) in [6.07, 6.45) is 0. The average molecular weight is 234 g/mol. The van der Waals surface area contributed by atoms with Crippen molar-refractivity contribution in [3.63, 3.8) is 0 Å². The molecule has 1 aromatic heterocycles. The molecule has 2 heterocycles. The molecule has 7 heteroatoms. The number of aromatic nitrogens is 2. The van der Waals surface area contributed by atoms with Gasteiger partial charge in [0, 0.05) is 13.1 Å². The summed E-state index contributed by atoms with van der Waals surface area (Å²) in [5.74, 6) is 0.387. The maximum atomic E-state index is 11.5. The van der Waals surface area contributed by atoms with Gasteiger partial charge in [0.05, 0.1) is 24.9 Å². The van der Waals surface area contributed by atoms with Crippen LogP contribution in [0.2, 0.25) is 5.15 Å². The van der Waals surface area contributed by atoms with Crippen molar-refractivity contribution in [2.75, 3.05) is 31.2 Å². The van der Waals surface area contributed by atoms with Crippen LogP contribution in [0.25, 0.3) is 0 Å². The number of morpholine rings is 1. The van der Waals surface area contributed by atoms with Crippen molar-refractivity contribution in [2.24, 2.45) is 0 Å². The molecular formula is C7H8ClN3O2S. The van der Waals surface area contributed by atoms with Crippen molar-refractivity contribution in [3.8, 4) is 0 Å². The zero-order valence-corrected chi connectivity index (χ0v) is 8.85. The normalized spacial score (nSPS) is 17.1. The Morgan fingerprint density at radius 1 is 1.36 bits per heavy atom. The SMILES string of the molecule is O=c1c(Cl)nsnc1N1CCOCC1. The number of hydrogen-bond donors (Lipinski definition) is 0. The van der Waals surface area contributed by atoms with E-state index in [4.69, 9.17) is 16.3 Å². The van der Waals surface area contributed by atoms with Crippen LogP contribution >= 0.6 is 23.3 Å². The number of ether oxygens (including phenoxy) is 1. The first kappa shape index (κ1) is 9.82. The fourth-order valence-electron chi connectivity index (χ4n) is 1.25. The molecule has 1 fully saturated rings. The summed E-state index contributed by atoms with van der Waals surface area (Å²) in [6, 6.07) is 0. The Bertz CT molecular complexity index is 377. The third-order valence-corrected chi connectivity index (χ3v) is 2.82. The van der Waals surface area contributed by atoms with Gasteiger partial charge in [-0.3, -0.25) is 4.79 Å². The molecule has 0 N–H and O–H groups in total. The van der Waals surface area contributed by atoms with Crippen LogP contribution in [0.4, 0.5) is 5.82 Å². The molecule has 5 nitrogen and oxygen atoms in total. The predicted molar refractivity (Wildman–Crippen MR) is 54.2 cm³/mol. The second-order valence-corrected chi connectivity index (χ2v) is 3.69. The average Bonchev–Trinajstić information content (AvgIpc) is 2.23. The molecule has 0 amide bonds. The lowest BCUT2D eigenvalue weighted by Gasteiger charge is -2.26. The highest BCUT2D eigenvalue weighted by Gasteiger charge is 2.17. The molecule has 0 atom stereocenters. The maximum Gasteiger partial charge on any atom is 0.260 e. The fraction of sp³-hybridized carbons (Fsp3) is 0.571. The molecule has 1 aliphatic rings. The number of hydrogen-bond acceptors (Lipinski definition) is 6. The van der Waals surface area contributed by atoms with E-state index < -0.39 is 0 Å². The van der Waals surface area contributed by atoms with Gasteiger partial charge in [-0.15, -0.1) is 0 Å². The Morgan fingerprint density at radius 2 is 2.07 bits per heavy atom. The Morgan fingerprint density at radius 3 is 2.79 bits per heavy atom. The molecule has 1 aromatic rings. The minimum atomic E-state index is -0.299. The van der Waals surface area contributed by atoms with Gasteiger partial charge < -0.3 is 9.64 Å². The molecule has 0 saturated carbocycles. The Kier molecular flexibility index (Phi) is 2.95. The summed E-state index contributed by atoms with van der Waals surface area (Å²) >= 11 is 6.57. The zero-order valence-electron chi connectivity index (χ0n) is 7.27. The molecule has 1 saturated heterocycles. The molecule has 0 spiro atoms. The van der Waals surface area contributed by atoms with Crippen molar-refractivity contribution in [3.05, 3.63) is 15.4 Å². The molecule has 0 aromatic carbocycles.